The first-order valence-corrected chi connectivity index (χ1v) is 8.15. The van der Waals surface area contributed by atoms with Crippen LogP contribution in [0.25, 0.3) is 5.82 Å². The van der Waals surface area contributed by atoms with Gasteiger partial charge in [-0.3, -0.25) is 9.36 Å². The number of amides is 1. The maximum atomic E-state index is 12.7. The van der Waals surface area contributed by atoms with E-state index in [-0.39, 0.29) is 18.2 Å². The Bertz CT molecular complexity index is 865. The van der Waals surface area contributed by atoms with E-state index in [4.69, 9.17) is 0 Å². The Morgan fingerprint density at radius 1 is 1.23 bits per heavy atom. The van der Waals surface area contributed by atoms with Crippen molar-refractivity contribution in [1.82, 2.24) is 24.6 Å². The average molecular weight is 353 g/mol. The molecule has 0 aliphatic carbocycles. The number of benzene rings is 1. The van der Waals surface area contributed by atoms with Crippen LogP contribution in [0.3, 0.4) is 0 Å². The first-order chi connectivity index (χ1) is 12.6. The molecule has 1 aromatic carbocycles. The second-order valence-corrected chi connectivity index (χ2v) is 5.73. The molecule has 8 nitrogen and oxygen atoms in total. The van der Waals surface area contributed by atoms with E-state index in [0.29, 0.717) is 23.5 Å². The zero-order valence-electron chi connectivity index (χ0n) is 14.2. The van der Waals surface area contributed by atoms with E-state index >= 15 is 0 Å². The molecule has 1 atom stereocenters. The highest BCUT2D eigenvalue weighted by molar-refractivity contribution is 5.94. The fraction of sp³-hybridized carbons (Fsp3) is 0.222. The molecule has 1 amide bonds. The van der Waals surface area contributed by atoms with Crippen LogP contribution in [0.15, 0.2) is 55.2 Å². The molecule has 0 spiro atoms. The van der Waals surface area contributed by atoms with Crippen LogP contribution in [-0.4, -0.2) is 53.9 Å². The molecule has 0 bridgehead atoms. The predicted molar refractivity (Wildman–Crippen MR) is 93.8 cm³/mol. The summed E-state index contributed by atoms with van der Waals surface area (Å²) in [6, 6.07) is 9.75. The molecule has 0 aliphatic heterocycles. The predicted octanol–water partition coefficient (Wildman–Crippen LogP) is 1.56. The van der Waals surface area contributed by atoms with Gasteiger partial charge in [-0.2, -0.15) is 0 Å². The van der Waals surface area contributed by atoms with Gasteiger partial charge in [0.2, 0.25) is 0 Å². The number of hydrogen-bond acceptors (Lipinski definition) is 6. The Labute approximate surface area is 150 Å². The molecule has 2 aromatic heterocycles. The maximum Gasteiger partial charge on any atom is 0.255 e. The highest BCUT2D eigenvalue weighted by Gasteiger charge is 2.19. The van der Waals surface area contributed by atoms with E-state index in [1.807, 2.05) is 6.92 Å². The lowest BCUT2D eigenvalue weighted by atomic mass is 10.1. The monoisotopic (exact) mass is 353 g/mol. The second-order valence-electron chi connectivity index (χ2n) is 5.73. The molecule has 0 saturated heterocycles. The van der Waals surface area contributed by atoms with Crippen LogP contribution in [-0.2, 0) is 0 Å². The molecule has 0 fully saturated rings. The molecule has 3 rings (SSSR count). The largest absolute Gasteiger partial charge is 0.508 e. The van der Waals surface area contributed by atoms with E-state index in [0.717, 1.165) is 0 Å². The number of hydrogen-bond donors (Lipinski definition) is 2. The van der Waals surface area contributed by atoms with Gasteiger partial charge in [0, 0.05) is 12.7 Å². The molecule has 0 radical (unpaired) electrons. The van der Waals surface area contributed by atoms with Gasteiger partial charge in [-0.05, 0) is 36.8 Å². The Morgan fingerprint density at radius 2 is 2.00 bits per heavy atom. The summed E-state index contributed by atoms with van der Waals surface area (Å²) in [5.41, 5.74) is 0.976. The van der Waals surface area contributed by atoms with Crippen molar-refractivity contribution < 1.29 is 15.0 Å². The number of likely N-dealkylation sites (N-methyl/N-ethyl adjacent to an activating group) is 1. The van der Waals surface area contributed by atoms with Crippen molar-refractivity contribution in [2.45, 2.75) is 13.0 Å². The highest BCUT2D eigenvalue weighted by atomic mass is 16.3. The van der Waals surface area contributed by atoms with Gasteiger partial charge in [0.25, 0.3) is 5.91 Å². The lowest BCUT2D eigenvalue weighted by Gasteiger charge is -2.24. The van der Waals surface area contributed by atoms with Gasteiger partial charge in [-0.1, -0.05) is 12.1 Å². The number of phenolic OH excluding ortho intramolecular Hbond substituents is 1. The Morgan fingerprint density at radius 3 is 2.62 bits per heavy atom. The van der Waals surface area contributed by atoms with E-state index in [1.54, 1.807) is 28.8 Å². The van der Waals surface area contributed by atoms with Gasteiger partial charge >= 0.3 is 0 Å². The summed E-state index contributed by atoms with van der Waals surface area (Å²) in [7, 11) is 0. The zero-order valence-corrected chi connectivity index (χ0v) is 14.2. The molecule has 0 aliphatic rings. The zero-order chi connectivity index (χ0) is 18.5. The summed E-state index contributed by atoms with van der Waals surface area (Å²) in [5, 5.41) is 27.3. The third kappa shape index (κ3) is 3.86. The molecule has 0 saturated carbocycles. The van der Waals surface area contributed by atoms with Gasteiger partial charge in [-0.15, -0.1) is 10.2 Å². The summed E-state index contributed by atoms with van der Waals surface area (Å²) in [6.07, 6.45) is 3.64. The van der Waals surface area contributed by atoms with E-state index < -0.39 is 6.10 Å². The third-order valence-corrected chi connectivity index (χ3v) is 4.00. The molecule has 2 heterocycles. The van der Waals surface area contributed by atoms with Crippen LogP contribution in [0, 0.1) is 0 Å². The summed E-state index contributed by atoms with van der Waals surface area (Å²) >= 11 is 0. The van der Waals surface area contributed by atoms with E-state index in [1.165, 1.54) is 35.9 Å². The number of carbonyl (C=O) groups is 1. The number of aromatic hydroxyl groups is 1. The van der Waals surface area contributed by atoms with Crippen molar-refractivity contribution in [3.8, 4) is 11.6 Å². The Hall–Kier alpha value is -3.26. The normalized spacial score (nSPS) is 11.9. The van der Waals surface area contributed by atoms with Gasteiger partial charge in [0.1, 0.15) is 24.2 Å². The second kappa shape index (κ2) is 7.75. The standard InChI is InChI=1S/C18H19N5O3/c1-2-22(10-16(25)13-4-3-5-15(24)8-13)18(26)14-6-7-17(19-9-14)23-11-20-21-12-23/h3-9,11-12,16,24-25H,2,10H2,1H3/t16-/m1/s1. The number of rotatable bonds is 6. The van der Waals surface area contributed by atoms with Gasteiger partial charge in [0.15, 0.2) is 0 Å². The van der Waals surface area contributed by atoms with Crippen molar-refractivity contribution in [2.24, 2.45) is 0 Å². The number of carbonyl (C=O) groups excluding carboxylic acids is 1. The fourth-order valence-electron chi connectivity index (χ4n) is 2.57. The topological polar surface area (TPSA) is 104 Å². The van der Waals surface area contributed by atoms with Crippen LogP contribution in [0.4, 0.5) is 0 Å². The Balaban J connectivity index is 1.72. The summed E-state index contributed by atoms with van der Waals surface area (Å²) in [4.78, 5) is 18.5. The molecule has 0 unspecified atom stereocenters. The molecule has 134 valence electrons. The van der Waals surface area contributed by atoms with Crippen molar-refractivity contribution in [3.63, 3.8) is 0 Å². The third-order valence-electron chi connectivity index (χ3n) is 4.00. The lowest BCUT2D eigenvalue weighted by Crippen LogP contribution is -2.34. The minimum absolute atomic E-state index is 0.0738. The number of phenols is 1. The van der Waals surface area contributed by atoms with Gasteiger partial charge in [0.05, 0.1) is 18.2 Å². The SMILES string of the molecule is CCN(C[C@@H](O)c1cccc(O)c1)C(=O)c1ccc(-n2cnnc2)nc1. The van der Waals surface area contributed by atoms with Gasteiger partial charge in [-0.25, -0.2) is 4.98 Å². The molecular formula is C18H19N5O3. The minimum Gasteiger partial charge on any atom is -0.508 e. The van der Waals surface area contributed by atoms with Crippen LogP contribution < -0.4 is 0 Å². The van der Waals surface area contributed by atoms with Gasteiger partial charge < -0.3 is 15.1 Å². The van der Waals surface area contributed by atoms with E-state index in [2.05, 4.69) is 15.2 Å². The van der Waals surface area contributed by atoms with Crippen LogP contribution in [0.1, 0.15) is 28.9 Å². The molecule has 26 heavy (non-hydrogen) atoms. The van der Waals surface area contributed by atoms with Crippen molar-refractivity contribution in [2.75, 3.05) is 13.1 Å². The first kappa shape index (κ1) is 17.6. The number of aromatic nitrogens is 4. The molecule has 3 aromatic rings. The summed E-state index contributed by atoms with van der Waals surface area (Å²) in [5.74, 6) is 0.452. The lowest BCUT2D eigenvalue weighted by molar-refractivity contribution is 0.0634. The van der Waals surface area contributed by atoms with Crippen molar-refractivity contribution >= 4 is 5.91 Å². The fourth-order valence-corrected chi connectivity index (χ4v) is 2.57. The van der Waals surface area contributed by atoms with Crippen molar-refractivity contribution in [1.29, 1.82) is 0 Å². The highest BCUT2D eigenvalue weighted by Crippen LogP contribution is 2.20. The molecule has 8 heteroatoms. The van der Waals surface area contributed by atoms with Crippen LogP contribution in [0.2, 0.25) is 0 Å². The van der Waals surface area contributed by atoms with E-state index in [9.17, 15) is 15.0 Å². The smallest absolute Gasteiger partial charge is 0.255 e. The summed E-state index contributed by atoms with van der Waals surface area (Å²) < 4.78 is 1.64. The molecular weight excluding hydrogens is 334 g/mol. The number of aliphatic hydroxyl groups is 1. The average Bonchev–Trinajstić information content (AvgIpc) is 3.20. The summed E-state index contributed by atoms with van der Waals surface area (Å²) in [6.45, 7) is 2.39. The Kier molecular flexibility index (Phi) is 5.23. The quantitative estimate of drug-likeness (QED) is 0.697. The number of nitrogens with zero attached hydrogens (tertiary/aromatic N) is 5. The number of pyridine rings is 1. The maximum absolute atomic E-state index is 12.7. The molecule has 2 N–H and O–H groups in total. The van der Waals surface area contributed by atoms with Crippen molar-refractivity contribution in [3.05, 3.63) is 66.4 Å². The van der Waals surface area contributed by atoms with Crippen LogP contribution >= 0.6 is 0 Å². The first-order valence-electron chi connectivity index (χ1n) is 8.15. The minimum atomic E-state index is -0.893. The number of aliphatic hydroxyl groups excluding tert-OH is 1. The van der Waals surface area contributed by atoms with Crippen LogP contribution in [0.5, 0.6) is 5.75 Å².